The molecule has 2 heterocycles. The van der Waals surface area contributed by atoms with Crippen LogP contribution in [0.4, 0.5) is 0 Å². The zero-order valence-corrected chi connectivity index (χ0v) is 20.6. The van der Waals surface area contributed by atoms with Gasteiger partial charge < -0.3 is 4.90 Å². The summed E-state index contributed by atoms with van der Waals surface area (Å²) < 4.78 is 25.2. The Bertz CT molecular complexity index is 1210. The van der Waals surface area contributed by atoms with Gasteiger partial charge in [0.25, 0.3) is 5.91 Å². The van der Waals surface area contributed by atoms with Gasteiger partial charge in [-0.05, 0) is 44.0 Å². The molecule has 2 aromatic carbocycles. The van der Waals surface area contributed by atoms with Crippen LogP contribution in [0.3, 0.4) is 0 Å². The van der Waals surface area contributed by atoms with E-state index in [9.17, 15) is 13.2 Å². The normalized spacial score (nSPS) is 15.3. The van der Waals surface area contributed by atoms with Crippen LogP contribution in [0, 0.1) is 6.92 Å². The summed E-state index contributed by atoms with van der Waals surface area (Å²) in [6, 6.07) is 14.6. The maximum absolute atomic E-state index is 13.0. The molecule has 5 nitrogen and oxygen atoms in total. The number of aromatic nitrogens is 1. The van der Waals surface area contributed by atoms with E-state index >= 15 is 0 Å². The highest BCUT2D eigenvalue weighted by Gasteiger charge is 2.29. The molecule has 1 aromatic heterocycles. The SMILES string of the molecule is Cc1sc(C2CCN(C(=O)c3ccccc3S(C)(=O)=O)CC2)nc1-c1ccc(Br)cc1. The highest BCUT2D eigenvalue weighted by Crippen LogP contribution is 2.36. The maximum atomic E-state index is 13.0. The van der Waals surface area contributed by atoms with Crippen molar-refractivity contribution in [2.75, 3.05) is 19.3 Å². The predicted octanol–water partition coefficient (Wildman–Crippen LogP) is 5.30. The molecular formula is C23H23BrN2O3S2. The summed E-state index contributed by atoms with van der Waals surface area (Å²) in [7, 11) is -3.46. The van der Waals surface area contributed by atoms with E-state index < -0.39 is 9.84 Å². The van der Waals surface area contributed by atoms with Crippen molar-refractivity contribution in [3.05, 3.63) is 68.5 Å². The Kier molecular flexibility index (Phi) is 6.32. The molecule has 162 valence electrons. The topological polar surface area (TPSA) is 67.3 Å². The molecule has 31 heavy (non-hydrogen) atoms. The van der Waals surface area contributed by atoms with Crippen molar-refractivity contribution >= 4 is 43.0 Å². The maximum Gasteiger partial charge on any atom is 0.255 e. The van der Waals surface area contributed by atoms with Gasteiger partial charge in [0.05, 0.1) is 21.2 Å². The lowest BCUT2D eigenvalue weighted by atomic mass is 9.97. The Morgan fingerprint density at radius 3 is 2.39 bits per heavy atom. The van der Waals surface area contributed by atoms with Crippen LogP contribution in [0.25, 0.3) is 11.3 Å². The number of carbonyl (C=O) groups is 1. The number of thiazole rings is 1. The number of piperidine rings is 1. The van der Waals surface area contributed by atoms with Gasteiger partial charge in [-0.1, -0.05) is 40.2 Å². The predicted molar refractivity (Wildman–Crippen MR) is 127 cm³/mol. The van der Waals surface area contributed by atoms with Gasteiger partial charge in [0.15, 0.2) is 9.84 Å². The van der Waals surface area contributed by atoms with Crippen LogP contribution in [-0.4, -0.2) is 43.6 Å². The van der Waals surface area contributed by atoms with E-state index in [4.69, 9.17) is 4.98 Å². The number of benzene rings is 2. The van der Waals surface area contributed by atoms with Gasteiger partial charge in [-0.2, -0.15) is 0 Å². The molecule has 0 N–H and O–H groups in total. The average Bonchev–Trinajstić information content (AvgIpc) is 3.15. The van der Waals surface area contributed by atoms with E-state index in [0.717, 1.165) is 39.8 Å². The van der Waals surface area contributed by atoms with Crippen molar-refractivity contribution in [3.63, 3.8) is 0 Å². The molecule has 1 fully saturated rings. The third kappa shape index (κ3) is 4.76. The van der Waals surface area contributed by atoms with Gasteiger partial charge in [-0.15, -0.1) is 11.3 Å². The molecule has 0 radical (unpaired) electrons. The minimum absolute atomic E-state index is 0.0943. The van der Waals surface area contributed by atoms with Crippen LogP contribution < -0.4 is 0 Å². The molecule has 8 heteroatoms. The fourth-order valence-corrected chi connectivity index (χ4v) is 6.19. The molecule has 1 saturated heterocycles. The second-order valence-electron chi connectivity index (χ2n) is 7.80. The molecule has 0 spiro atoms. The second-order valence-corrected chi connectivity index (χ2v) is 11.9. The fraction of sp³-hybridized carbons (Fsp3) is 0.304. The number of hydrogen-bond donors (Lipinski definition) is 0. The van der Waals surface area contributed by atoms with Gasteiger partial charge >= 0.3 is 0 Å². The second kappa shape index (κ2) is 8.84. The molecule has 0 saturated carbocycles. The first-order chi connectivity index (χ1) is 14.7. The average molecular weight is 519 g/mol. The van der Waals surface area contributed by atoms with Crippen LogP contribution in [0.1, 0.15) is 39.0 Å². The Labute approximate surface area is 195 Å². The number of nitrogens with zero attached hydrogens (tertiary/aromatic N) is 2. The Morgan fingerprint density at radius 2 is 1.74 bits per heavy atom. The van der Waals surface area contributed by atoms with Crippen LogP contribution in [0.15, 0.2) is 57.9 Å². The lowest BCUT2D eigenvalue weighted by Gasteiger charge is -2.31. The molecule has 1 aliphatic rings. The number of carbonyl (C=O) groups excluding carboxylic acids is 1. The molecular weight excluding hydrogens is 496 g/mol. The lowest BCUT2D eigenvalue weighted by Crippen LogP contribution is -2.38. The summed E-state index contributed by atoms with van der Waals surface area (Å²) in [4.78, 5) is 21.0. The lowest BCUT2D eigenvalue weighted by molar-refractivity contribution is 0.0709. The number of rotatable bonds is 4. The number of likely N-dealkylation sites (tertiary alicyclic amines) is 1. The van der Waals surface area contributed by atoms with Crippen LogP contribution in [-0.2, 0) is 9.84 Å². The molecule has 0 atom stereocenters. The standard InChI is InChI=1S/C23H23BrN2O3S2/c1-15-21(16-7-9-18(24)10-8-16)25-22(30-15)17-11-13-26(14-12-17)23(27)19-5-3-4-6-20(19)31(2,28)29/h3-10,17H,11-14H2,1-2H3. The minimum atomic E-state index is -3.46. The highest BCUT2D eigenvalue weighted by molar-refractivity contribution is 9.10. The molecule has 1 aliphatic heterocycles. The minimum Gasteiger partial charge on any atom is -0.339 e. The highest BCUT2D eigenvalue weighted by atomic mass is 79.9. The van der Waals surface area contributed by atoms with Gasteiger partial charge in [0, 0.05) is 40.2 Å². The zero-order valence-electron chi connectivity index (χ0n) is 17.3. The van der Waals surface area contributed by atoms with E-state index in [-0.39, 0.29) is 16.4 Å². The third-order valence-corrected chi connectivity index (χ3v) is 8.40. The quantitative estimate of drug-likeness (QED) is 0.469. The molecule has 0 bridgehead atoms. The molecule has 0 unspecified atom stereocenters. The van der Waals surface area contributed by atoms with E-state index in [1.807, 2.05) is 12.1 Å². The summed E-state index contributed by atoms with van der Waals surface area (Å²) >= 11 is 5.20. The summed E-state index contributed by atoms with van der Waals surface area (Å²) in [6.45, 7) is 3.28. The first-order valence-corrected chi connectivity index (χ1v) is 13.6. The Morgan fingerprint density at radius 1 is 1.10 bits per heavy atom. The van der Waals surface area contributed by atoms with Crippen molar-refractivity contribution < 1.29 is 13.2 Å². The smallest absolute Gasteiger partial charge is 0.255 e. The number of halogens is 1. The van der Waals surface area contributed by atoms with Gasteiger partial charge in [-0.25, -0.2) is 13.4 Å². The summed E-state index contributed by atoms with van der Waals surface area (Å²) in [6.07, 6.45) is 2.78. The van der Waals surface area contributed by atoms with Crippen LogP contribution in [0.5, 0.6) is 0 Å². The Hall–Kier alpha value is -2.03. The number of amides is 1. The van der Waals surface area contributed by atoms with Gasteiger partial charge in [0.2, 0.25) is 0 Å². The van der Waals surface area contributed by atoms with Crippen molar-refractivity contribution in [2.45, 2.75) is 30.6 Å². The van der Waals surface area contributed by atoms with Crippen LogP contribution >= 0.6 is 27.3 Å². The first-order valence-electron chi connectivity index (χ1n) is 10.1. The number of sulfone groups is 1. The van der Waals surface area contributed by atoms with Crippen molar-refractivity contribution in [1.82, 2.24) is 9.88 Å². The largest absolute Gasteiger partial charge is 0.339 e. The van der Waals surface area contributed by atoms with Crippen molar-refractivity contribution in [3.8, 4) is 11.3 Å². The van der Waals surface area contributed by atoms with Gasteiger partial charge in [0.1, 0.15) is 0 Å². The van der Waals surface area contributed by atoms with Crippen molar-refractivity contribution in [2.24, 2.45) is 0 Å². The zero-order chi connectivity index (χ0) is 22.2. The van der Waals surface area contributed by atoms with Crippen LogP contribution in [0.2, 0.25) is 0 Å². The molecule has 3 aromatic rings. The van der Waals surface area contributed by atoms with Crippen molar-refractivity contribution in [1.29, 1.82) is 0 Å². The fourth-order valence-electron chi connectivity index (χ4n) is 3.93. The first kappa shape index (κ1) is 22.2. The Balaban J connectivity index is 1.48. The number of hydrogen-bond acceptors (Lipinski definition) is 5. The van der Waals surface area contributed by atoms with E-state index in [2.05, 4.69) is 35.0 Å². The monoisotopic (exact) mass is 518 g/mol. The summed E-state index contributed by atoms with van der Waals surface area (Å²) in [5.41, 5.74) is 2.38. The van der Waals surface area contributed by atoms with E-state index in [0.29, 0.717) is 19.0 Å². The molecule has 1 amide bonds. The summed E-state index contributed by atoms with van der Waals surface area (Å²) in [5.74, 6) is 0.0902. The number of aryl methyl sites for hydroxylation is 1. The van der Waals surface area contributed by atoms with E-state index in [1.54, 1.807) is 34.4 Å². The van der Waals surface area contributed by atoms with E-state index in [1.165, 1.54) is 10.9 Å². The summed E-state index contributed by atoms with van der Waals surface area (Å²) in [5, 5.41) is 1.11. The molecule has 0 aliphatic carbocycles. The van der Waals surface area contributed by atoms with Gasteiger partial charge in [-0.3, -0.25) is 4.79 Å². The third-order valence-electron chi connectivity index (χ3n) is 5.58. The molecule has 4 rings (SSSR count).